The molecule has 2 N–H and O–H groups in total. The Morgan fingerprint density at radius 1 is 1.20 bits per heavy atom. The number of fused-ring (bicyclic) bond motifs is 1. The highest BCUT2D eigenvalue weighted by Crippen LogP contribution is 2.26. The number of nitrogen functional groups attached to an aromatic ring is 1. The summed E-state index contributed by atoms with van der Waals surface area (Å²) in [6.45, 7) is 3.40. The normalized spacial score (nSPS) is 12.7. The highest BCUT2D eigenvalue weighted by molar-refractivity contribution is 5.68. The van der Waals surface area contributed by atoms with Gasteiger partial charge in [0.1, 0.15) is 11.5 Å². The van der Waals surface area contributed by atoms with Crippen molar-refractivity contribution >= 4 is 5.82 Å². The minimum atomic E-state index is 0.330. The number of nitrogens with zero attached hydrogens (tertiary/aromatic N) is 8. The SMILES string of the molecule is Cc1c(C#N)cccc1-c1nc(N)cc(-c2cn(Cc3cc4n(n3)CCC4)nn2)n1. The Balaban J connectivity index is 1.46. The molecule has 148 valence electrons. The molecule has 9 nitrogen and oxygen atoms in total. The van der Waals surface area contributed by atoms with E-state index in [0.29, 0.717) is 35.1 Å². The number of aryl methyl sites for hydroxylation is 2. The molecule has 3 aromatic heterocycles. The summed E-state index contributed by atoms with van der Waals surface area (Å²) in [5.41, 5.74) is 11.6. The fourth-order valence-electron chi connectivity index (χ4n) is 3.77. The van der Waals surface area contributed by atoms with Crippen LogP contribution in [0.4, 0.5) is 5.82 Å². The van der Waals surface area contributed by atoms with Gasteiger partial charge in [-0.05, 0) is 37.5 Å². The number of benzene rings is 1. The topological polar surface area (TPSA) is 124 Å². The molecular formula is C21H19N9. The molecule has 30 heavy (non-hydrogen) atoms. The van der Waals surface area contributed by atoms with Crippen LogP contribution in [0, 0.1) is 18.3 Å². The second-order valence-corrected chi connectivity index (χ2v) is 7.35. The Labute approximate surface area is 172 Å². The van der Waals surface area contributed by atoms with Gasteiger partial charge in [0.05, 0.1) is 35.8 Å². The van der Waals surface area contributed by atoms with Gasteiger partial charge in [0, 0.05) is 23.9 Å². The fourth-order valence-corrected chi connectivity index (χ4v) is 3.77. The van der Waals surface area contributed by atoms with Gasteiger partial charge in [-0.2, -0.15) is 10.4 Å². The third-order valence-electron chi connectivity index (χ3n) is 5.28. The van der Waals surface area contributed by atoms with E-state index in [9.17, 15) is 5.26 Å². The number of rotatable bonds is 4. The number of hydrogen-bond donors (Lipinski definition) is 1. The Hall–Kier alpha value is -4.06. The first-order valence-corrected chi connectivity index (χ1v) is 9.71. The second kappa shape index (κ2) is 7.08. The van der Waals surface area contributed by atoms with Crippen molar-refractivity contribution in [3.05, 3.63) is 59.0 Å². The van der Waals surface area contributed by atoms with Gasteiger partial charge >= 0.3 is 0 Å². The van der Waals surface area contributed by atoms with Gasteiger partial charge in [-0.25, -0.2) is 14.6 Å². The first-order chi connectivity index (χ1) is 14.6. The van der Waals surface area contributed by atoms with E-state index in [-0.39, 0.29) is 0 Å². The zero-order valence-electron chi connectivity index (χ0n) is 16.4. The van der Waals surface area contributed by atoms with Crippen molar-refractivity contribution in [3.63, 3.8) is 0 Å². The van der Waals surface area contributed by atoms with Crippen molar-refractivity contribution in [2.45, 2.75) is 32.9 Å². The summed E-state index contributed by atoms with van der Waals surface area (Å²) in [6.07, 6.45) is 4.06. The second-order valence-electron chi connectivity index (χ2n) is 7.35. The molecule has 0 radical (unpaired) electrons. The van der Waals surface area contributed by atoms with Crippen LogP contribution in [0.1, 0.15) is 28.9 Å². The lowest BCUT2D eigenvalue weighted by Crippen LogP contribution is -2.03. The third-order valence-corrected chi connectivity index (χ3v) is 5.28. The van der Waals surface area contributed by atoms with Crippen LogP contribution in [-0.2, 0) is 19.5 Å². The third kappa shape index (κ3) is 3.18. The summed E-state index contributed by atoms with van der Waals surface area (Å²) in [4.78, 5) is 8.99. The molecular weight excluding hydrogens is 378 g/mol. The lowest BCUT2D eigenvalue weighted by Gasteiger charge is -2.08. The average Bonchev–Trinajstić information content (AvgIpc) is 3.44. The van der Waals surface area contributed by atoms with E-state index >= 15 is 0 Å². The summed E-state index contributed by atoms with van der Waals surface area (Å²) < 4.78 is 3.80. The van der Waals surface area contributed by atoms with Crippen molar-refractivity contribution < 1.29 is 0 Å². The molecule has 4 heterocycles. The van der Waals surface area contributed by atoms with E-state index in [4.69, 9.17) is 5.73 Å². The van der Waals surface area contributed by atoms with Crippen LogP contribution in [0.3, 0.4) is 0 Å². The number of hydrogen-bond acceptors (Lipinski definition) is 7. The van der Waals surface area contributed by atoms with E-state index in [2.05, 4.69) is 42.2 Å². The van der Waals surface area contributed by atoms with Gasteiger partial charge in [-0.15, -0.1) is 5.10 Å². The van der Waals surface area contributed by atoms with E-state index in [1.54, 1.807) is 16.8 Å². The van der Waals surface area contributed by atoms with Crippen LogP contribution in [0.5, 0.6) is 0 Å². The largest absolute Gasteiger partial charge is 0.384 e. The summed E-state index contributed by atoms with van der Waals surface area (Å²) >= 11 is 0. The van der Waals surface area contributed by atoms with Gasteiger partial charge < -0.3 is 5.73 Å². The van der Waals surface area contributed by atoms with Crippen LogP contribution >= 0.6 is 0 Å². The minimum absolute atomic E-state index is 0.330. The Kier molecular flexibility index (Phi) is 4.25. The maximum atomic E-state index is 9.30. The predicted octanol–water partition coefficient (Wildman–Crippen LogP) is 2.36. The minimum Gasteiger partial charge on any atom is -0.384 e. The van der Waals surface area contributed by atoms with Gasteiger partial charge in [0.25, 0.3) is 0 Å². The predicted molar refractivity (Wildman–Crippen MR) is 110 cm³/mol. The Morgan fingerprint density at radius 3 is 2.93 bits per heavy atom. The number of nitriles is 1. The van der Waals surface area contributed by atoms with Gasteiger partial charge in [0.15, 0.2) is 5.82 Å². The highest BCUT2D eigenvalue weighted by Gasteiger charge is 2.16. The van der Waals surface area contributed by atoms with Crippen LogP contribution in [0.25, 0.3) is 22.8 Å². The molecule has 1 aromatic carbocycles. The summed E-state index contributed by atoms with van der Waals surface area (Å²) in [5, 5.41) is 22.4. The highest BCUT2D eigenvalue weighted by atomic mass is 15.4. The first kappa shape index (κ1) is 18.0. The molecule has 0 aliphatic carbocycles. The lowest BCUT2D eigenvalue weighted by atomic mass is 10.0. The standard InChI is InChI=1S/C21H19N9/c1-13-14(10-22)4-2-6-17(13)21-24-18(9-20(23)25-21)19-12-29(28-26-19)11-15-8-16-5-3-7-30(16)27-15/h2,4,6,8-9,12H,3,5,7,11H2,1H3,(H2,23,24,25). The van der Waals surface area contributed by atoms with Crippen LogP contribution < -0.4 is 5.73 Å². The van der Waals surface area contributed by atoms with Gasteiger partial charge in [-0.3, -0.25) is 4.68 Å². The molecule has 0 amide bonds. The van der Waals surface area contributed by atoms with Gasteiger partial charge in [0.2, 0.25) is 0 Å². The van der Waals surface area contributed by atoms with Crippen molar-refractivity contribution in [3.8, 4) is 28.8 Å². The van der Waals surface area contributed by atoms with Crippen LogP contribution in [-0.4, -0.2) is 34.7 Å². The fraction of sp³-hybridized carbons (Fsp3) is 0.238. The summed E-state index contributed by atoms with van der Waals surface area (Å²) in [7, 11) is 0. The number of aromatic nitrogens is 7. The van der Waals surface area contributed by atoms with E-state index in [0.717, 1.165) is 36.2 Å². The molecule has 5 rings (SSSR count). The molecule has 0 saturated heterocycles. The van der Waals surface area contributed by atoms with E-state index in [1.807, 2.05) is 25.3 Å². The number of nitrogens with two attached hydrogens (primary N) is 1. The van der Waals surface area contributed by atoms with Gasteiger partial charge in [-0.1, -0.05) is 17.3 Å². The number of anilines is 1. The smallest absolute Gasteiger partial charge is 0.162 e. The molecule has 0 saturated carbocycles. The molecule has 9 heteroatoms. The molecule has 1 aliphatic heterocycles. The monoisotopic (exact) mass is 397 g/mol. The van der Waals surface area contributed by atoms with Crippen molar-refractivity contribution in [2.75, 3.05) is 5.73 Å². The molecule has 0 fully saturated rings. The first-order valence-electron chi connectivity index (χ1n) is 9.71. The summed E-state index contributed by atoms with van der Waals surface area (Å²) in [6, 6.07) is 11.4. The van der Waals surface area contributed by atoms with Crippen molar-refractivity contribution in [1.82, 2.24) is 34.7 Å². The zero-order valence-corrected chi connectivity index (χ0v) is 16.4. The van der Waals surface area contributed by atoms with E-state index < -0.39 is 0 Å². The average molecular weight is 397 g/mol. The van der Waals surface area contributed by atoms with Crippen LogP contribution in [0.15, 0.2) is 36.5 Å². The quantitative estimate of drug-likeness (QED) is 0.560. The molecule has 0 spiro atoms. The van der Waals surface area contributed by atoms with E-state index in [1.165, 1.54) is 5.69 Å². The van der Waals surface area contributed by atoms with Crippen LogP contribution in [0.2, 0.25) is 0 Å². The Morgan fingerprint density at radius 2 is 2.10 bits per heavy atom. The Bertz CT molecular complexity index is 1270. The maximum Gasteiger partial charge on any atom is 0.162 e. The van der Waals surface area contributed by atoms with Crippen molar-refractivity contribution in [1.29, 1.82) is 5.26 Å². The molecule has 0 bridgehead atoms. The molecule has 4 aromatic rings. The molecule has 0 unspecified atom stereocenters. The summed E-state index contributed by atoms with van der Waals surface area (Å²) in [5.74, 6) is 0.788. The lowest BCUT2D eigenvalue weighted by molar-refractivity contribution is 0.601. The zero-order chi connectivity index (χ0) is 20.7. The molecule has 0 atom stereocenters. The molecule has 1 aliphatic rings. The maximum absolute atomic E-state index is 9.30. The van der Waals surface area contributed by atoms with Crippen molar-refractivity contribution in [2.24, 2.45) is 0 Å².